The maximum Gasteiger partial charge on any atom is 0.160 e. The molecule has 3 nitrogen and oxygen atoms in total. The van der Waals surface area contributed by atoms with E-state index in [4.69, 9.17) is 9.97 Å². The summed E-state index contributed by atoms with van der Waals surface area (Å²) < 4.78 is 2.54. The van der Waals surface area contributed by atoms with Crippen LogP contribution in [0.15, 0.2) is 164 Å². The van der Waals surface area contributed by atoms with E-state index in [2.05, 4.69) is 184 Å². The molecule has 2 heterocycles. The van der Waals surface area contributed by atoms with Gasteiger partial charge in [0.1, 0.15) is 0 Å². The van der Waals surface area contributed by atoms with Gasteiger partial charge in [-0.15, -0.1) is 0 Å². The molecule has 11 rings (SSSR count). The maximum absolute atomic E-state index is 5.14. The van der Waals surface area contributed by atoms with Crippen molar-refractivity contribution >= 4 is 21.8 Å². The summed E-state index contributed by atoms with van der Waals surface area (Å²) in [6.45, 7) is 9.53. The maximum atomic E-state index is 5.14. The van der Waals surface area contributed by atoms with Crippen molar-refractivity contribution in [3.63, 3.8) is 0 Å². The predicted octanol–water partition coefficient (Wildman–Crippen LogP) is 13.2. The number of aromatic nitrogens is 3. The first-order valence-electron chi connectivity index (χ1n) is 19.3. The van der Waals surface area contributed by atoms with Crippen LogP contribution in [0, 0.1) is 0 Å². The SMILES string of the molecule is CC1(C)c2ccccc2-c2cc3c4ccc5c(c4n(-c4ccc(-c6nc(-c7ccccc7)cc(-c7ccccc7)n6)cc4)c3cc21)C(C)(C)c1ccccc1-5. The molecular formula is C52H39N3. The van der Waals surface area contributed by atoms with Gasteiger partial charge < -0.3 is 4.57 Å². The van der Waals surface area contributed by atoms with E-state index >= 15 is 0 Å². The fourth-order valence-corrected chi connectivity index (χ4v) is 9.67. The molecule has 0 radical (unpaired) electrons. The van der Waals surface area contributed by atoms with Crippen LogP contribution in [0.1, 0.15) is 49.9 Å². The Labute approximate surface area is 321 Å². The minimum absolute atomic E-state index is 0.111. The molecule has 55 heavy (non-hydrogen) atoms. The lowest BCUT2D eigenvalue weighted by molar-refractivity contribution is 0.660. The van der Waals surface area contributed by atoms with Crippen molar-refractivity contribution in [2.24, 2.45) is 0 Å². The normalized spacial score (nSPS) is 14.5. The van der Waals surface area contributed by atoms with E-state index in [0.717, 1.165) is 33.8 Å². The molecular weight excluding hydrogens is 667 g/mol. The highest BCUT2D eigenvalue weighted by molar-refractivity contribution is 6.15. The summed E-state index contributed by atoms with van der Waals surface area (Å²) in [6.07, 6.45) is 0. The van der Waals surface area contributed by atoms with Crippen LogP contribution in [-0.4, -0.2) is 14.5 Å². The molecule has 0 saturated heterocycles. The van der Waals surface area contributed by atoms with E-state index in [0.29, 0.717) is 5.82 Å². The highest BCUT2D eigenvalue weighted by Gasteiger charge is 2.40. The van der Waals surface area contributed by atoms with E-state index in [9.17, 15) is 0 Å². The van der Waals surface area contributed by atoms with Crippen molar-refractivity contribution in [1.29, 1.82) is 0 Å². The average Bonchev–Trinajstić information content (AvgIpc) is 3.77. The van der Waals surface area contributed by atoms with Gasteiger partial charge in [-0.1, -0.05) is 149 Å². The number of hydrogen-bond acceptors (Lipinski definition) is 2. The summed E-state index contributed by atoms with van der Waals surface area (Å²) in [6, 6.07) is 59.4. The Kier molecular flexibility index (Phi) is 6.65. The Bertz CT molecular complexity index is 2950. The van der Waals surface area contributed by atoms with Gasteiger partial charge in [-0.3, -0.25) is 0 Å². The summed E-state index contributed by atoms with van der Waals surface area (Å²) in [5.74, 6) is 0.712. The Morgan fingerprint density at radius 1 is 0.418 bits per heavy atom. The molecule has 0 amide bonds. The minimum atomic E-state index is -0.175. The lowest BCUT2D eigenvalue weighted by Gasteiger charge is -2.24. The Morgan fingerprint density at radius 3 is 1.62 bits per heavy atom. The van der Waals surface area contributed by atoms with Gasteiger partial charge in [0.2, 0.25) is 0 Å². The second-order valence-corrected chi connectivity index (χ2v) is 16.2. The number of hydrogen-bond donors (Lipinski definition) is 0. The standard InChI is InChI=1S/C52H39N3/c1-51(2)42-21-13-12-20-37(42)40-29-41-39-28-27-38-36-19-11-14-22-43(36)52(3,4)48(38)49(39)55(47(41)30-44(40)51)35-25-23-34(24-26-35)50-53-45(32-15-7-5-8-16-32)31-46(54-50)33-17-9-6-10-18-33/h5-31H,1-4H3. The smallest absolute Gasteiger partial charge is 0.160 e. The van der Waals surface area contributed by atoms with Gasteiger partial charge in [-0.05, 0) is 87.0 Å². The summed E-state index contributed by atoms with van der Waals surface area (Å²) in [7, 11) is 0. The predicted molar refractivity (Wildman–Crippen MR) is 228 cm³/mol. The van der Waals surface area contributed by atoms with Crippen molar-refractivity contribution in [3.8, 4) is 61.8 Å². The van der Waals surface area contributed by atoms with Gasteiger partial charge in [0, 0.05) is 44.0 Å². The van der Waals surface area contributed by atoms with Crippen molar-refractivity contribution in [2.45, 2.75) is 38.5 Å². The molecule has 0 unspecified atom stereocenters. The number of nitrogens with zero attached hydrogens (tertiary/aromatic N) is 3. The molecule has 0 spiro atoms. The van der Waals surface area contributed by atoms with Gasteiger partial charge in [0.15, 0.2) is 5.82 Å². The van der Waals surface area contributed by atoms with Gasteiger partial charge in [0.05, 0.1) is 22.4 Å². The lowest BCUT2D eigenvalue weighted by Crippen LogP contribution is -2.16. The first-order chi connectivity index (χ1) is 26.8. The average molecular weight is 706 g/mol. The van der Waals surface area contributed by atoms with Crippen LogP contribution in [0.3, 0.4) is 0 Å². The van der Waals surface area contributed by atoms with Gasteiger partial charge in [0.25, 0.3) is 0 Å². The van der Waals surface area contributed by atoms with Crippen molar-refractivity contribution in [1.82, 2.24) is 14.5 Å². The fourth-order valence-electron chi connectivity index (χ4n) is 9.67. The molecule has 0 saturated carbocycles. The first kappa shape index (κ1) is 31.9. The molecule has 0 bridgehead atoms. The summed E-state index contributed by atoms with van der Waals surface area (Å²) in [5.41, 5.74) is 19.2. The van der Waals surface area contributed by atoms with E-state index in [1.54, 1.807) is 0 Å². The minimum Gasteiger partial charge on any atom is -0.309 e. The number of fused-ring (bicyclic) bond motifs is 10. The largest absolute Gasteiger partial charge is 0.309 e. The van der Waals surface area contributed by atoms with Crippen LogP contribution in [0.25, 0.3) is 83.6 Å². The topological polar surface area (TPSA) is 30.7 Å². The van der Waals surface area contributed by atoms with E-state index in [1.807, 2.05) is 12.1 Å². The molecule has 0 fully saturated rings. The zero-order chi connectivity index (χ0) is 37.1. The molecule has 0 atom stereocenters. The van der Waals surface area contributed by atoms with Crippen LogP contribution >= 0.6 is 0 Å². The summed E-state index contributed by atoms with van der Waals surface area (Å²) in [4.78, 5) is 10.3. The molecule has 0 N–H and O–H groups in total. The zero-order valence-electron chi connectivity index (χ0n) is 31.4. The van der Waals surface area contributed by atoms with Crippen LogP contribution < -0.4 is 0 Å². The van der Waals surface area contributed by atoms with Crippen molar-refractivity contribution < 1.29 is 0 Å². The monoisotopic (exact) mass is 705 g/mol. The van der Waals surface area contributed by atoms with E-state index in [-0.39, 0.29) is 10.8 Å². The van der Waals surface area contributed by atoms with Gasteiger partial charge >= 0.3 is 0 Å². The van der Waals surface area contributed by atoms with Crippen molar-refractivity contribution in [3.05, 3.63) is 186 Å². The third kappa shape index (κ3) is 4.56. The van der Waals surface area contributed by atoms with Crippen LogP contribution in [-0.2, 0) is 10.8 Å². The van der Waals surface area contributed by atoms with Crippen LogP contribution in [0.4, 0.5) is 0 Å². The second kappa shape index (κ2) is 11.5. The molecule has 2 aromatic heterocycles. The summed E-state index contributed by atoms with van der Waals surface area (Å²) in [5, 5.41) is 2.57. The Morgan fingerprint density at radius 2 is 0.982 bits per heavy atom. The van der Waals surface area contributed by atoms with Crippen LogP contribution in [0.2, 0.25) is 0 Å². The molecule has 2 aliphatic carbocycles. The van der Waals surface area contributed by atoms with Crippen molar-refractivity contribution in [2.75, 3.05) is 0 Å². The van der Waals surface area contributed by atoms with Gasteiger partial charge in [-0.25, -0.2) is 9.97 Å². The molecule has 262 valence electrons. The van der Waals surface area contributed by atoms with Crippen LogP contribution in [0.5, 0.6) is 0 Å². The van der Waals surface area contributed by atoms with Gasteiger partial charge in [-0.2, -0.15) is 0 Å². The number of rotatable bonds is 4. The lowest BCUT2D eigenvalue weighted by atomic mass is 9.81. The Balaban J connectivity index is 1.15. The number of benzene rings is 7. The second-order valence-electron chi connectivity index (χ2n) is 16.2. The molecule has 7 aromatic carbocycles. The summed E-state index contributed by atoms with van der Waals surface area (Å²) >= 11 is 0. The Hall–Kier alpha value is -6.58. The quantitative estimate of drug-likeness (QED) is 0.182. The molecule has 2 aliphatic rings. The third-order valence-corrected chi connectivity index (χ3v) is 12.4. The third-order valence-electron chi connectivity index (χ3n) is 12.4. The fraction of sp³-hybridized carbons (Fsp3) is 0.115. The molecule has 3 heteroatoms. The zero-order valence-corrected chi connectivity index (χ0v) is 31.4. The van der Waals surface area contributed by atoms with E-state index in [1.165, 1.54) is 66.3 Å². The molecule has 0 aliphatic heterocycles. The first-order valence-corrected chi connectivity index (χ1v) is 19.3. The highest BCUT2D eigenvalue weighted by Crippen LogP contribution is 2.55. The van der Waals surface area contributed by atoms with E-state index < -0.39 is 0 Å². The highest BCUT2D eigenvalue weighted by atomic mass is 15.0. The molecule has 9 aromatic rings.